The van der Waals surface area contributed by atoms with E-state index in [1.54, 1.807) is 26.6 Å². The number of carbonyl (C=O) groups excluding carboxylic acids is 2. The summed E-state index contributed by atoms with van der Waals surface area (Å²) in [6.07, 6.45) is 3.72. The van der Waals surface area contributed by atoms with Crippen molar-refractivity contribution in [3.05, 3.63) is 120 Å². The van der Waals surface area contributed by atoms with Crippen molar-refractivity contribution in [1.29, 1.82) is 0 Å². The van der Waals surface area contributed by atoms with Gasteiger partial charge in [0, 0.05) is 30.8 Å². The standard InChI is InChI=1S/C36H35N3O5/c1-24-13-14-26(18-33(24)42-3)17-31(36(41)37-2)39-34(40)23-44-32-16-15-27-11-7-8-12-30(27)35(32)28-19-29(21-38-20-28)43-22-25-9-5-4-6-10-25/h4-16,18-21,31H,17,22-23H2,1-3H3,(H,37,41)(H,39,40)/t31-/m0/s1. The van der Waals surface area contributed by atoms with Gasteiger partial charge in [0.2, 0.25) is 5.91 Å². The molecule has 0 unspecified atom stereocenters. The molecule has 1 aromatic heterocycles. The Bertz CT molecular complexity index is 1760. The van der Waals surface area contributed by atoms with E-state index < -0.39 is 11.9 Å². The molecule has 0 saturated heterocycles. The SMILES string of the molecule is CNC(=O)[C@H](Cc1ccc(C)c(OC)c1)NC(=O)COc1ccc2ccccc2c1-c1cncc(OCc2ccccc2)c1. The van der Waals surface area contributed by atoms with Crippen LogP contribution in [0.3, 0.4) is 0 Å². The molecule has 5 rings (SSSR count). The van der Waals surface area contributed by atoms with E-state index in [1.807, 2.05) is 97.9 Å². The minimum Gasteiger partial charge on any atom is -0.496 e. The Morgan fingerprint density at radius 3 is 2.43 bits per heavy atom. The second kappa shape index (κ2) is 14.2. The quantitative estimate of drug-likeness (QED) is 0.195. The number of aromatic nitrogens is 1. The first-order valence-corrected chi connectivity index (χ1v) is 14.4. The molecule has 8 nitrogen and oxygen atoms in total. The maximum absolute atomic E-state index is 13.1. The van der Waals surface area contributed by atoms with Crippen LogP contribution in [0.1, 0.15) is 16.7 Å². The van der Waals surface area contributed by atoms with E-state index in [-0.39, 0.29) is 12.5 Å². The maximum atomic E-state index is 13.1. The van der Waals surface area contributed by atoms with Crippen LogP contribution in [0.5, 0.6) is 17.2 Å². The van der Waals surface area contributed by atoms with Gasteiger partial charge in [0.25, 0.3) is 5.91 Å². The lowest BCUT2D eigenvalue weighted by atomic mass is 9.98. The molecule has 0 spiro atoms. The predicted octanol–water partition coefficient (Wildman–Crippen LogP) is 5.65. The summed E-state index contributed by atoms with van der Waals surface area (Å²) in [6.45, 7) is 2.07. The van der Waals surface area contributed by atoms with E-state index in [9.17, 15) is 9.59 Å². The molecule has 0 saturated carbocycles. The summed E-state index contributed by atoms with van der Waals surface area (Å²) < 4.78 is 17.6. The van der Waals surface area contributed by atoms with Gasteiger partial charge in [-0.15, -0.1) is 0 Å². The number of aryl methyl sites for hydroxylation is 1. The highest BCUT2D eigenvalue weighted by Gasteiger charge is 2.22. The first kappa shape index (κ1) is 30.1. The van der Waals surface area contributed by atoms with E-state index in [0.29, 0.717) is 24.5 Å². The topological polar surface area (TPSA) is 98.8 Å². The average molecular weight is 590 g/mol. The molecule has 0 aliphatic rings. The van der Waals surface area contributed by atoms with Crippen molar-refractivity contribution in [2.24, 2.45) is 0 Å². The van der Waals surface area contributed by atoms with Crippen molar-refractivity contribution in [3.8, 4) is 28.4 Å². The lowest BCUT2D eigenvalue weighted by molar-refractivity contribution is -0.129. The Labute approximate surface area is 257 Å². The third-order valence-corrected chi connectivity index (χ3v) is 7.31. The highest BCUT2D eigenvalue weighted by atomic mass is 16.5. The van der Waals surface area contributed by atoms with Crippen LogP contribution >= 0.6 is 0 Å². The molecule has 0 radical (unpaired) electrons. The molecule has 0 bridgehead atoms. The maximum Gasteiger partial charge on any atom is 0.258 e. The largest absolute Gasteiger partial charge is 0.496 e. The van der Waals surface area contributed by atoms with Crippen LogP contribution in [-0.4, -0.2) is 43.6 Å². The Hall–Kier alpha value is -5.37. The van der Waals surface area contributed by atoms with Crippen molar-refractivity contribution in [2.45, 2.75) is 26.0 Å². The van der Waals surface area contributed by atoms with Gasteiger partial charge in [-0.2, -0.15) is 0 Å². The van der Waals surface area contributed by atoms with Gasteiger partial charge >= 0.3 is 0 Å². The van der Waals surface area contributed by atoms with E-state index >= 15 is 0 Å². The Kier molecular flexibility index (Phi) is 9.71. The van der Waals surface area contributed by atoms with Crippen LogP contribution in [0.15, 0.2) is 103 Å². The molecule has 0 aliphatic carbocycles. The van der Waals surface area contributed by atoms with Crippen molar-refractivity contribution in [3.63, 3.8) is 0 Å². The molecule has 44 heavy (non-hydrogen) atoms. The number of amides is 2. The van der Waals surface area contributed by atoms with Gasteiger partial charge in [-0.3, -0.25) is 14.6 Å². The zero-order valence-corrected chi connectivity index (χ0v) is 25.0. The number of fused-ring (bicyclic) bond motifs is 1. The van der Waals surface area contributed by atoms with Gasteiger partial charge in [0.15, 0.2) is 6.61 Å². The third-order valence-electron chi connectivity index (χ3n) is 7.31. The van der Waals surface area contributed by atoms with Crippen LogP contribution in [0.25, 0.3) is 21.9 Å². The number of pyridine rings is 1. The fourth-order valence-corrected chi connectivity index (χ4v) is 5.03. The zero-order valence-electron chi connectivity index (χ0n) is 25.0. The Morgan fingerprint density at radius 1 is 0.841 bits per heavy atom. The van der Waals surface area contributed by atoms with E-state index in [0.717, 1.165) is 44.3 Å². The lowest BCUT2D eigenvalue weighted by Gasteiger charge is -2.19. The molecule has 4 aromatic carbocycles. The number of benzene rings is 4. The number of methoxy groups -OCH3 is 1. The van der Waals surface area contributed by atoms with Gasteiger partial charge in [0.05, 0.1) is 13.3 Å². The van der Waals surface area contributed by atoms with Crippen LogP contribution in [0.2, 0.25) is 0 Å². The van der Waals surface area contributed by atoms with E-state index in [4.69, 9.17) is 14.2 Å². The fraction of sp³-hybridized carbons (Fsp3) is 0.194. The number of likely N-dealkylation sites (N-methyl/N-ethyl adjacent to an activating group) is 1. The van der Waals surface area contributed by atoms with E-state index in [1.165, 1.54) is 0 Å². The molecular weight excluding hydrogens is 554 g/mol. The molecule has 0 aliphatic heterocycles. The fourth-order valence-electron chi connectivity index (χ4n) is 5.03. The number of carbonyl (C=O) groups is 2. The summed E-state index contributed by atoms with van der Waals surface area (Å²) in [6, 6.07) is 28.5. The first-order chi connectivity index (χ1) is 21.4. The molecule has 1 atom stereocenters. The zero-order chi connectivity index (χ0) is 30.9. The molecule has 0 fully saturated rings. The number of rotatable bonds is 12. The molecule has 224 valence electrons. The van der Waals surface area contributed by atoms with Crippen molar-refractivity contribution < 1.29 is 23.8 Å². The predicted molar refractivity (Wildman–Crippen MR) is 171 cm³/mol. The summed E-state index contributed by atoms with van der Waals surface area (Å²) in [5, 5.41) is 7.43. The monoisotopic (exact) mass is 589 g/mol. The average Bonchev–Trinajstić information content (AvgIpc) is 3.06. The summed E-state index contributed by atoms with van der Waals surface area (Å²) >= 11 is 0. The smallest absolute Gasteiger partial charge is 0.258 e. The number of nitrogens with one attached hydrogen (secondary N) is 2. The molecule has 1 heterocycles. The lowest BCUT2D eigenvalue weighted by Crippen LogP contribution is -2.48. The van der Waals surface area contributed by atoms with Gasteiger partial charge < -0.3 is 24.8 Å². The number of ether oxygens (including phenoxy) is 3. The number of hydrogen-bond acceptors (Lipinski definition) is 6. The first-order valence-electron chi connectivity index (χ1n) is 14.4. The normalized spacial score (nSPS) is 11.4. The van der Waals surface area contributed by atoms with Crippen LogP contribution in [0, 0.1) is 6.92 Å². The van der Waals surface area contributed by atoms with Crippen molar-refractivity contribution >= 4 is 22.6 Å². The van der Waals surface area contributed by atoms with Gasteiger partial charge in [0.1, 0.15) is 29.9 Å². The molecule has 5 aromatic rings. The van der Waals surface area contributed by atoms with Gasteiger partial charge in [-0.05, 0) is 52.6 Å². The number of hydrogen-bond donors (Lipinski definition) is 2. The highest BCUT2D eigenvalue weighted by Crippen LogP contribution is 2.38. The minimum atomic E-state index is -0.790. The highest BCUT2D eigenvalue weighted by molar-refractivity contribution is 6.00. The summed E-state index contributed by atoms with van der Waals surface area (Å²) in [7, 11) is 3.15. The molecule has 2 N–H and O–H groups in total. The van der Waals surface area contributed by atoms with Crippen LogP contribution in [0.4, 0.5) is 0 Å². The number of nitrogens with zero attached hydrogens (tertiary/aromatic N) is 1. The second-order valence-corrected chi connectivity index (χ2v) is 10.4. The van der Waals surface area contributed by atoms with Crippen LogP contribution < -0.4 is 24.8 Å². The van der Waals surface area contributed by atoms with Crippen molar-refractivity contribution in [1.82, 2.24) is 15.6 Å². The Morgan fingerprint density at radius 2 is 1.64 bits per heavy atom. The second-order valence-electron chi connectivity index (χ2n) is 10.4. The summed E-state index contributed by atoms with van der Waals surface area (Å²) in [5.74, 6) is 1.13. The Balaban J connectivity index is 1.35. The van der Waals surface area contributed by atoms with Gasteiger partial charge in [-0.25, -0.2) is 0 Å². The van der Waals surface area contributed by atoms with Crippen molar-refractivity contribution in [2.75, 3.05) is 20.8 Å². The minimum absolute atomic E-state index is 0.284. The van der Waals surface area contributed by atoms with Gasteiger partial charge in [-0.1, -0.05) is 72.8 Å². The molecule has 8 heteroatoms. The van der Waals surface area contributed by atoms with Crippen LogP contribution in [-0.2, 0) is 22.6 Å². The third kappa shape index (κ3) is 7.33. The molecule has 2 amide bonds. The summed E-state index contributed by atoms with van der Waals surface area (Å²) in [5.41, 5.74) is 4.48. The van der Waals surface area contributed by atoms with E-state index in [2.05, 4.69) is 15.6 Å². The summed E-state index contributed by atoms with van der Waals surface area (Å²) in [4.78, 5) is 30.2. The molecular formula is C36H35N3O5.